The third-order valence-corrected chi connectivity index (χ3v) is 7.45. The average Bonchev–Trinajstić information content (AvgIpc) is 3.26. The SMILES string of the molecule is Cc1ccc2c(c1)C(=O)N(c1ccc(NC(=O)NS(=O)(=O)c3cccs3)cc1F)C(=O)C2. The van der Waals surface area contributed by atoms with Crippen LogP contribution in [0.5, 0.6) is 0 Å². The Hall–Kier alpha value is -3.57. The first-order valence-corrected chi connectivity index (χ1v) is 11.7. The molecular formula is C21H16FN3O5S2. The molecule has 2 N–H and O–H groups in total. The number of rotatable bonds is 4. The molecule has 0 aliphatic carbocycles. The van der Waals surface area contributed by atoms with Gasteiger partial charge in [-0.3, -0.25) is 9.59 Å². The van der Waals surface area contributed by atoms with Crippen molar-refractivity contribution in [2.75, 3.05) is 10.2 Å². The Kier molecular flexibility index (Phi) is 5.53. The quantitative estimate of drug-likeness (QED) is 0.564. The number of aryl methyl sites for hydroxylation is 1. The number of thiophene rings is 1. The molecule has 0 fully saturated rings. The number of imide groups is 1. The van der Waals surface area contributed by atoms with Gasteiger partial charge in [0, 0.05) is 11.3 Å². The van der Waals surface area contributed by atoms with Gasteiger partial charge in [-0.2, -0.15) is 0 Å². The minimum absolute atomic E-state index is 0.0492. The summed E-state index contributed by atoms with van der Waals surface area (Å²) in [6.45, 7) is 1.80. The Morgan fingerprint density at radius 3 is 2.59 bits per heavy atom. The van der Waals surface area contributed by atoms with E-state index in [1.165, 1.54) is 24.3 Å². The zero-order chi connectivity index (χ0) is 23.0. The normalized spacial score (nSPS) is 13.6. The second kappa shape index (κ2) is 8.17. The van der Waals surface area contributed by atoms with Crippen LogP contribution in [0.25, 0.3) is 0 Å². The van der Waals surface area contributed by atoms with Crippen molar-refractivity contribution in [2.24, 2.45) is 0 Å². The second-order valence-corrected chi connectivity index (χ2v) is 9.89. The van der Waals surface area contributed by atoms with Crippen molar-refractivity contribution in [3.8, 4) is 0 Å². The van der Waals surface area contributed by atoms with Crippen LogP contribution in [-0.4, -0.2) is 26.3 Å². The third kappa shape index (κ3) is 4.12. The molecule has 164 valence electrons. The zero-order valence-electron chi connectivity index (χ0n) is 16.6. The standard InChI is InChI=1S/C21H16FN3O5S2/c1-12-4-5-13-10-18(26)25(20(27)15(13)9-12)17-7-6-14(11-16(17)22)23-21(28)24-32(29,30)19-3-2-8-31-19/h2-9,11H,10H2,1H3,(H2,23,24,28). The van der Waals surface area contributed by atoms with Crippen LogP contribution in [0.15, 0.2) is 58.1 Å². The fourth-order valence-electron chi connectivity index (χ4n) is 3.27. The van der Waals surface area contributed by atoms with Gasteiger partial charge in [0.25, 0.3) is 15.9 Å². The van der Waals surface area contributed by atoms with E-state index in [2.05, 4.69) is 5.32 Å². The highest BCUT2D eigenvalue weighted by Gasteiger charge is 2.33. The van der Waals surface area contributed by atoms with Crippen LogP contribution in [0.2, 0.25) is 0 Å². The predicted molar refractivity (Wildman–Crippen MR) is 117 cm³/mol. The van der Waals surface area contributed by atoms with E-state index in [1.54, 1.807) is 30.5 Å². The fraction of sp³-hybridized carbons (Fsp3) is 0.0952. The van der Waals surface area contributed by atoms with Gasteiger partial charge in [0.1, 0.15) is 10.0 Å². The lowest BCUT2D eigenvalue weighted by Crippen LogP contribution is -2.43. The summed E-state index contributed by atoms with van der Waals surface area (Å²) in [4.78, 5) is 38.2. The molecule has 0 saturated carbocycles. The summed E-state index contributed by atoms with van der Waals surface area (Å²) >= 11 is 0.935. The number of hydrogen-bond donors (Lipinski definition) is 2. The molecule has 1 aliphatic rings. The number of benzene rings is 2. The molecule has 8 nitrogen and oxygen atoms in total. The molecule has 4 rings (SSSR count). The highest BCUT2D eigenvalue weighted by Crippen LogP contribution is 2.29. The van der Waals surface area contributed by atoms with Gasteiger partial charge in [-0.05, 0) is 48.2 Å². The van der Waals surface area contributed by atoms with Crippen molar-refractivity contribution in [1.29, 1.82) is 0 Å². The van der Waals surface area contributed by atoms with E-state index < -0.39 is 33.7 Å². The van der Waals surface area contributed by atoms with E-state index >= 15 is 0 Å². The van der Waals surface area contributed by atoms with Gasteiger partial charge in [-0.25, -0.2) is 27.2 Å². The summed E-state index contributed by atoms with van der Waals surface area (Å²) < 4.78 is 40.8. The molecule has 0 radical (unpaired) electrons. The molecular weight excluding hydrogens is 457 g/mol. The van der Waals surface area contributed by atoms with Gasteiger partial charge in [0.15, 0.2) is 0 Å². The zero-order valence-corrected chi connectivity index (χ0v) is 18.2. The Balaban J connectivity index is 1.54. The van der Waals surface area contributed by atoms with Crippen LogP contribution in [0, 0.1) is 12.7 Å². The van der Waals surface area contributed by atoms with Crippen LogP contribution in [0.4, 0.5) is 20.6 Å². The van der Waals surface area contributed by atoms with Crippen molar-refractivity contribution < 1.29 is 27.2 Å². The topological polar surface area (TPSA) is 113 Å². The number of carbonyl (C=O) groups is 3. The highest BCUT2D eigenvalue weighted by atomic mass is 32.2. The number of hydrogen-bond acceptors (Lipinski definition) is 6. The number of fused-ring (bicyclic) bond motifs is 1. The molecule has 1 aliphatic heterocycles. The van der Waals surface area contributed by atoms with Gasteiger partial charge < -0.3 is 5.32 Å². The predicted octanol–water partition coefficient (Wildman–Crippen LogP) is 3.44. The van der Waals surface area contributed by atoms with Gasteiger partial charge in [0.2, 0.25) is 5.91 Å². The number of nitrogens with zero attached hydrogens (tertiary/aromatic N) is 1. The number of urea groups is 1. The Morgan fingerprint density at radius 2 is 1.91 bits per heavy atom. The molecule has 0 bridgehead atoms. The Morgan fingerprint density at radius 1 is 1.12 bits per heavy atom. The summed E-state index contributed by atoms with van der Waals surface area (Å²) in [5, 5.41) is 3.77. The second-order valence-electron chi connectivity index (χ2n) is 7.03. The summed E-state index contributed by atoms with van der Waals surface area (Å²) in [7, 11) is -4.05. The number of amides is 4. The van der Waals surface area contributed by atoms with Crippen LogP contribution < -0.4 is 14.9 Å². The summed E-state index contributed by atoms with van der Waals surface area (Å²) in [5.41, 5.74) is 1.41. The molecule has 3 aromatic rings. The van der Waals surface area contributed by atoms with Crippen molar-refractivity contribution in [3.05, 3.63) is 76.4 Å². The maximum absolute atomic E-state index is 14.8. The largest absolute Gasteiger partial charge is 0.333 e. The van der Waals surface area contributed by atoms with E-state index in [0.29, 0.717) is 11.1 Å². The monoisotopic (exact) mass is 473 g/mol. The minimum Gasteiger partial charge on any atom is -0.307 e. The number of sulfonamides is 1. The van der Waals surface area contributed by atoms with Crippen LogP contribution in [-0.2, 0) is 21.2 Å². The molecule has 2 heterocycles. The first-order valence-electron chi connectivity index (χ1n) is 9.29. The molecule has 2 aromatic carbocycles. The van der Waals surface area contributed by atoms with E-state index in [4.69, 9.17) is 0 Å². The Bertz CT molecular complexity index is 1350. The van der Waals surface area contributed by atoms with Crippen LogP contribution in [0.3, 0.4) is 0 Å². The number of nitrogens with one attached hydrogen (secondary N) is 2. The molecule has 0 saturated heterocycles. The lowest BCUT2D eigenvalue weighted by molar-refractivity contribution is -0.117. The Labute approximate surface area is 186 Å². The van der Waals surface area contributed by atoms with Crippen molar-refractivity contribution in [2.45, 2.75) is 17.6 Å². The van der Waals surface area contributed by atoms with Gasteiger partial charge in [-0.1, -0.05) is 23.8 Å². The number of carbonyl (C=O) groups excluding carboxylic acids is 3. The van der Waals surface area contributed by atoms with E-state index in [-0.39, 0.29) is 22.0 Å². The van der Waals surface area contributed by atoms with Gasteiger partial charge >= 0.3 is 6.03 Å². The molecule has 32 heavy (non-hydrogen) atoms. The maximum atomic E-state index is 14.8. The summed E-state index contributed by atoms with van der Waals surface area (Å²) in [6, 6.07) is 10.2. The van der Waals surface area contributed by atoms with E-state index in [0.717, 1.165) is 27.9 Å². The summed E-state index contributed by atoms with van der Waals surface area (Å²) in [6.07, 6.45) is -0.0518. The van der Waals surface area contributed by atoms with E-state index in [9.17, 15) is 27.2 Å². The minimum atomic E-state index is -4.05. The molecule has 4 amide bonds. The highest BCUT2D eigenvalue weighted by molar-refractivity contribution is 7.92. The van der Waals surface area contributed by atoms with Gasteiger partial charge in [0.05, 0.1) is 12.1 Å². The maximum Gasteiger partial charge on any atom is 0.333 e. The van der Waals surface area contributed by atoms with Crippen molar-refractivity contribution >= 4 is 50.6 Å². The lowest BCUT2D eigenvalue weighted by atomic mass is 9.96. The van der Waals surface area contributed by atoms with Crippen molar-refractivity contribution in [1.82, 2.24) is 4.72 Å². The van der Waals surface area contributed by atoms with E-state index in [1.807, 2.05) is 4.72 Å². The van der Waals surface area contributed by atoms with Crippen LogP contribution >= 0.6 is 11.3 Å². The van der Waals surface area contributed by atoms with Gasteiger partial charge in [-0.15, -0.1) is 11.3 Å². The fourth-order valence-corrected chi connectivity index (χ4v) is 5.17. The average molecular weight is 474 g/mol. The first-order chi connectivity index (χ1) is 15.2. The molecule has 0 atom stereocenters. The summed E-state index contributed by atoms with van der Waals surface area (Å²) in [5.74, 6) is -2.15. The smallest absolute Gasteiger partial charge is 0.307 e. The third-order valence-electron chi connectivity index (χ3n) is 4.72. The first kappa shape index (κ1) is 21.7. The van der Waals surface area contributed by atoms with Crippen LogP contribution in [0.1, 0.15) is 21.5 Å². The van der Waals surface area contributed by atoms with Crippen molar-refractivity contribution in [3.63, 3.8) is 0 Å². The molecule has 1 aromatic heterocycles. The molecule has 11 heteroatoms. The number of halogens is 1. The molecule has 0 unspecified atom stereocenters. The number of anilines is 2. The lowest BCUT2D eigenvalue weighted by Gasteiger charge is -2.27. The molecule has 0 spiro atoms.